The lowest BCUT2D eigenvalue weighted by Gasteiger charge is -2.13. The maximum atomic E-state index is 6.14. The van der Waals surface area contributed by atoms with Crippen molar-refractivity contribution < 1.29 is 14.2 Å². The molecule has 4 heterocycles. The second kappa shape index (κ2) is 19.3. The molecule has 0 aliphatic heterocycles. The maximum absolute atomic E-state index is 6.14. The lowest BCUT2D eigenvalue weighted by molar-refractivity contribution is 0.113. The Kier molecular flexibility index (Phi) is 13.8. The topological polar surface area (TPSA) is 115 Å². The van der Waals surface area contributed by atoms with E-state index < -0.39 is 0 Å². The van der Waals surface area contributed by atoms with Gasteiger partial charge in [-0.15, -0.1) is 0 Å². The molecule has 0 bridgehead atoms. The average molecular weight is 754 g/mol. The van der Waals surface area contributed by atoms with Gasteiger partial charge in [-0.3, -0.25) is 0 Å². The third kappa shape index (κ3) is 9.61. The largest absolute Gasteiger partial charge is 0.437 e. The zero-order valence-electron chi connectivity index (χ0n) is 33.7. The summed E-state index contributed by atoms with van der Waals surface area (Å²) in [5.41, 5.74) is 16.5. The Morgan fingerprint density at radius 3 is 1.50 bits per heavy atom. The number of imidazole rings is 2. The predicted octanol–water partition coefficient (Wildman–Crippen LogP) is 9.81. The van der Waals surface area contributed by atoms with Crippen molar-refractivity contribution >= 4 is 27.9 Å². The van der Waals surface area contributed by atoms with Gasteiger partial charge in [0.25, 0.3) is 0 Å². The third-order valence-electron chi connectivity index (χ3n) is 9.94. The molecule has 2 N–H and O–H groups in total. The fraction of sp³-hybridized carbons (Fsp3) is 0.348. The van der Waals surface area contributed by atoms with E-state index >= 15 is 0 Å². The van der Waals surface area contributed by atoms with Gasteiger partial charge in [0.15, 0.2) is 11.3 Å². The van der Waals surface area contributed by atoms with Crippen LogP contribution in [0.3, 0.4) is 0 Å². The average Bonchev–Trinajstić information content (AvgIpc) is 3.77. The first kappa shape index (κ1) is 40.1. The van der Waals surface area contributed by atoms with Gasteiger partial charge in [0.1, 0.15) is 22.9 Å². The van der Waals surface area contributed by atoms with Crippen molar-refractivity contribution in [2.75, 3.05) is 18.9 Å². The summed E-state index contributed by atoms with van der Waals surface area (Å²) < 4.78 is 22.5. The minimum Gasteiger partial charge on any atom is -0.437 e. The number of hydrogen-bond donors (Lipinski definition) is 1. The van der Waals surface area contributed by atoms with Crippen LogP contribution in [-0.4, -0.2) is 42.3 Å². The molecule has 7 rings (SSSR count). The molecule has 3 aromatic carbocycles. The maximum Gasteiger partial charge on any atom is 0.247 e. The summed E-state index contributed by atoms with van der Waals surface area (Å²) in [6.07, 6.45) is 3.88. The summed E-state index contributed by atoms with van der Waals surface area (Å²) >= 11 is 0. The van der Waals surface area contributed by atoms with Gasteiger partial charge >= 0.3 is 0 Å². The van der Waals surface area contributed by atoms with E-state index in [0.29, 0.717) is 38.1 Å². The second-order valence-electron chi connectivity index (χ2n) is 14.1. The van der Waals surface area contributed by atoms with Gasteiger partial charge in [-0.2, -0.15) is 0 Å². The number of nitrogens with zero attached hydrogens (tertiary/aromatic N) is 6. The summed E-state index contributed by atoms with van der Waals surface area (Å²) in [6.45, 7) is 16.5. The fourth-order valence-corrected chi connectivity index (χ4v) is 6.86. The number of nitrogens with two attached hydrogens (primary N) is 1. The van der Waals surface area contributed by atoms with Crippen molar-refractivity contribution in [2.45, 2.75) is 93.5 Å². The van der Waals surface area contributed by atoms with Crippen molar-refractivity contribution in [1.82, 2.24) is 29.1 Å². The van der Waals surface area contributed by atoms with Gasteiger partial charge in [0.2, 0.25) is 5.88 Å². The number of fused-ring (bicyclic) bond motifs is 2. The van der Waals surface area contributed by atoms with E-state index in [0.717, 1.165) is 101 Å². The summed E-state index contributed by atoms with van der Waals surface area (Å²) in [6, 6.07) is 30.3. The van der Waals surface area contributed by atoms with Crippen LogP contribution in [-0.2, 0) is 48.6 Å². The first-order valence-electron chi connectivity index (χ1n) is 19.7. The van der Waals surface area contributed by atoms with Gasteiger partial charge in [-0.1, -0.05) is 92.7 Å². The quantitative estimate of drug-likeness (QED) is 0.0971. The Balaban J connectivity index is 0.000000194. The van der Waals surface area contributed by atoms with Crippen molar-refractivity contribution in [3.8, 4) is 11.6 Å². The highest BCUT2D eigenvalue weighted by Crippen LogP contribution is 2.32. The molecule has 10 nitrogen and oxygen atoms in total. The van der Waals surface area contributed by atoms with Crippen molar-refractivity contribution in [3.05, 3.63) is 136 Å². The zero-order valence-corrected chi connectivity index (χ0v) is 33.7. The standard InChI is InChI=1S/C26H29N3O2.C20H26N4O/c1-4-11-23-28-24-25(29(23)16-17-30-18-21-12-7-5-8-13-21)19(2)20(3)27-26(24)31-22-14-9-6-10-15-22;1-4-8-17-23-18-19(14(2)15(3)22-20(18)21)24(17)11-12-25-13-16-9-6-5-7-10-16/h5-10,12-15H,4,11,16-18H2,1-3H3;5-7,9-10H,4,8,11-13H2,1-3H3,(H2,21,22). The van der Waals surface area contributed by atoms with Gasteiger partial charge in [0, 0.05) is 37.3 Å². The zero-order chi connectivity index (χ0) is 39.4. The summed E-state index contributed by atoms with van der Waals surface area (Å²) in [7, 11) is 0. The van der Waals surface area contributed by atoms with Crippen LogP contribution >= 0.6 is 0 Å². The molecule has 10 heteroatoms. The monoisotopic (exact) mass is 753 g/mol. The molecule has 7 aromatic rings. The van der Waals surface area contributed by atoms with Crippen LogP contribution in [0.25, 0.3) is 22.1 Å². The van der Waals surface area contributed by atoms with Gasteiger partial charge in [0.05, 0.1) is 37.5 Å². The van der Waals surface area contributed by atoms with Crippen molar-refractivity contribution in [1.29, 1.82) is 0 Å². The van der Waals surface area contributed by atoms with E-state index in [2.05, 4.69) is 66.1 Å². The third-order valence-corrected chi connectivity index (χ3v) is 9.94. The first-order chi connectivity index (χ1) is 27.3. The molecule has 0 saturated heterocycles. The Morgan fingerprint density at radius 1 is 0.554 bits per heavy atom. The highest BCUT2D eigenvalue weighted by molar-refractivity contribution is 5.88. The van der Waals surface area contributed by atoms with Gasteiger partial charge in [-0.05, 0) is 74.9 Å². The van der Waals surface area contributed by atoms with Crippen LogP contribution in [0, 0.1) is 27.7 Å². The smallest absolute Gasteiger partial charge is 0.247 e. The molecule has 0 spiro atoms. The molecular formula is C46H55N7O3. The first-order valence-corrected chi connectivity index (χ1v) is 19.7. The predicted molar refractivity (Wildman–Crippen MR) is 225 cm³/mol. The van der Waals surface area contributed by atoms with Crippen LogP contribution < -0.4 is 10.5 Å². The number of aromatic nitrogens is 6. The lowest BCUT2D eigenvalue weighted by atomic mass is 10.2. The van der Waals surface area contributed by atoms with Gasteiger partial charge < -0.3 is 29.1 Å². The Labute approximate surface area is 330 Å². The molecule has 4 aromatic heterocycles. The Bertz CT molecular complexity index is 2320. The van der Waals surface area contributed by atoms with E-state index in [9.17, 15) is 0 Å². The minimum absolute atomic E-state index is 0.513. The summed E-state index contributed by atoms with van der Waals surface area (Å²) in [5, 5.41) is 0. The number of benzene rings is 3. The van der Waals surface area contributed by atoms with E-state index in [1.165, 1.54) is 11.1 Å². The number of para-hydroxylation sites is 1. The molecule has 0 fully saturated rings. The molecule has 0 radical (unpaired) electrons. The number of nitrogen functional groups attached to an aromatic ring is 1. The Morgan fingerprint density at radius 2 is 1.00 bits per heavy atom. The molecule has 56 heavy (non-hydrogen) atoms. The van der Waals surface area contributed by atoms with Gasteiger partial charge in [-0.25, -0.2) is 19.9 Å². The van der Waals surface area contributed by atoms with Crippen LogP contribution in [0.1, 0.15) is 72.0 Å². The lowest BCUT2D eigenvalue weighted by Crippen LogP contribution is -2.10. The fourth-order valence-electron chi connectivity index (χ4n) is 6.86. The highest BCUT2D eigenvalue weighted by Gasteiger charge is 2.20. The molecule has 0 unspecified atom stereocenters. The number of aryl methyl sites for hydroxylation is 6. The van der Waals surface area contributed by atoms with E-state index in [4.69, 9.17) is 34.9 Å². The molecule has 0 amide bonds. The summed E-state index contributed by atoms with van der Waals surface area (Å²) in [4.78, 5) is 18.9. The van der Waals surface area contributed by atoms with E-state index in [1.54, 1.807) is 0 Å². The van der Waals surface area contributed by atoms with Crippen molar-refractivity contribution in [3.63, 3.8) is 0 Å². The SMILES string of the molecule is CCCc1nc2c(N)nc(C)c(C)c2n1CCOCc1ccccc1.CCCc1nc2c(Oc3ccccc3)nc(C)c(C)c2n1CCOCc1ccccc1. The van der Waals surface area contributed by atoms with E-state index in [1.807, 2.05) is 80.6 Å². The minimum atomic E-state index is 0.513. The van der Waals surface area contributed by atoms with E-state index in [-0.39, 0.29) is 0 Å². The molecule has 0 saturated carbocycles. The van der Waals surface area contributed by atoms with Crippen LogP contribution in [0.2, 0.25) is 0 Å². The number of hydrogen-bond acceptors (Lipinski definition) is 8. The number of pyridine rings is 2. The molecular weight excluding hydrogens is 699 g/mol. The van der Waals surface area contributed by atoms with Crippen molar-refractivity contribution in [2.24, 2.45) is 0 Å². The van der Waals surface area contributed by atoms with Crippen LogP contribution in [0.15, 0.2) is 91.0 Å². The molecule has 0 atom stereocenters. The molecule has 292 valence electrons. The summed E-state index contributed by atoms with van der Waals surface area (Å²) in [5.74, 6) is 3.94. The molecule has 0 aliphatic rings. The number of anilines is 1. The van der Waals surface area contributed by atoms with Crippen LogP contribution in [0.5, 0.6) is 11.6 Å². The van der Waals surface area contributed by atoms with Crippen LogP contribution in [0.4, 0.5) is 5.82 Å². The number of rotatable bonds is 16. The highest BCUT2D eigenvalue weighted by atomic mass is 16.5. The normalized spacial score (nSPS) is 11.2. The Hall–Kier alpha value is -5.58. The number of ether oxygens (including phenoxy) is 3. The second-order valence-corrected chi connectivity index (χ2v) is 14.1. The molecule has 0 aliphatic carbocycles.